The molecule has 0 amide bonds. The summed E-state index contributed by atoms with van der Waals surface area (Å²) in [6.07, 6.45) is 3.24. The molecule has 6 heteroatoms. The Morgan fingerprint density at radius 2 is 2.14 bits per heavy atom. The summed E-state index contributed by atoms with van der Waals surface area (Å²) in [5.74, 6) is 1.10. The fourth-order valence-corrected chi connectivity index (χ4v) is 2.24. The zero-order valence-corrected chi connectivity index (χ0v) is 12.0. The molecule has 2 aromatic heterocycles. The summed E-state index contributed by atoms with van der Waals surface area (Å²) in [5.41, 5.74) is 0.575. The fourth-order valence-electron chi connectivity index (χ4n) is 2.24. The third kappa shape index (κ3) is 2.44. The van der Waals surface area contributed by atoms with Gasteiger partial charge in [-0.3, -0.25) is 9.36 Å². The minimum atomic E-state index is -0.340. The number of aryl methyl sites for hydroxylation is 1. The van der Waals surface area contributed by atoms with Gasteiger partial charge in [0.15, 0.2) is 5.82 Å². The molecule has 2 heterocycles. The zero-order valence-electron chi connectivity index (χ0n) is 12.0. The second-order valence-corrected chi connectivity index (χ2v) is 4.95. The molecule has 1 atom stereocenters. The predicted octanol–water partition coefficient (Wildman–Crippen LogP) is 2.34. The van der Waals surface area contributed by atoms with Crippen LogP contribution in [0.2, 0.25) is 0 Å². The van der Waals surface area contributed by atoms with E-state index < -0.39 is 0 Å². The van der Waals surface area contributed by atoms with E-state index in [9.17, 15) is 4.79 Å². The van der Waals surface area contributed by atoms with Crippen LogP contribution in [0.5, 0.6) is 0 Å². The predicted molar refractivity (Wildman–Crippen MR) is 78.1 cm³/mol. The van der Waals surface area contributed by atoms with Crippen molar-refractivity contribution in [3.63, 3.8) is 0 Å². The first kappa shape index (κ1) is 13.5. The van der Waals surface area contributed by atoms with Crippen LogP contribution in [-0.4, -0.2) is 19.7 Å². The number of fused-ring (bicyclic) bond motifs is 1. The number of rotatable bonds is 4. The largest absolute Gasteiger partial charge is 0.337 e. The molecule has 0 N–H and O–H groups in total. The molecule has 6 nitrogen and oxygen atoms in total. The lowest BCUT2D eigenvalue weighted by atomic mass is 10.2. The normalized spacial score (nSPS) is 12.7. The Bertz CT molecular complexity index is 822. The summed E-state index contributed by atoms with van der Waals surface area (Å²) in [7, 11) is 0. The van der Waals surface area contributed by atoms with Crippen LogP contribution in [0.15, 0.2) is 39.9 Å². The van der Waals surface area contributed by atoms with E-state index in [0.717, 1.165) is 12.8 Å². The van der Waals surface area contributed by atoms with Crippen molar-refractivity contribution in [3.05, 3.63) is 52.7 Å². The molecule has 0 aliphatic carbocycles. The van der Waals surface area contributed by atoms with Gasteiger partial charge in [-0.1, -0.05) is 24.2 Å². The Morgan fingerprint density at radius 1 is 1.33 bits per heavy atom. The lowest BCUT2D eigenvalue weighted by molar-refractivity contribution is 0.339. The van der Waals surface area contributed by atoms with Crippen molar-refractivity contribution in [1.29, 1.82) is 0 Å². The van der Waals surface area contributed by atoms with Crippen molar-refractivity contribution >= 4 is 10.9 Å². The van der Waals surface area contributed by atoms with Gasteiger partial charge in [0.2, 0.25) is 5.89 Å². The summed E-state index contributed by atoms with van der Waals surface area (Å²) < 4.78 is 6.77. The average molecular weight is 284 g/mol. The van der Waals surface area contributed by atoms with E-state index in [-0.39, 0.29) is 11.6 Å². The standard InChI is InChI=1S/C15H16N4O2/c1-3-6-13-17-14(21-18-13)10(2)19-9-16-12-8-5-4-7-11(12)15(19)20/h4-5,7-10H,3,6H2,1-2H3. The van der Waals surface area contributed by atoms with Gasteiger partial charge in [-0.25, -0.2) is 4.98 Å². The van der Waals surface area contributed by atoms with Crippen LogP contribution in [0.3, 0.4) is 0 Å². The molecule has 0 aliphatic rings. The van der Waals surface area contributed by atoms with E-state index in [2.05, 4.69) is 22.0 Å². The zero-order chi connectivity index (χ0) is 14.8. The number of hydrogen-bond donors (Lipinski definition) is 0. The molecule has 1 unspecified atom stereocenters. The first-order chi connectivity index (χ1) is 10.2. The lowest BCUT2D eigenvalue weighted by Gasteiger charge is -2.10. The molecule has 0 radical (unpaired) electrons. The molecule has 21 heavy (non-hydrogen) atoms. The summed E-state index contributed by atoms with van der Waals surface area (Å²) in [6.45, 7) is 3.90. The molecule has 0 spiro atoms. The highest BCUT2D eigenvalue weighted by molar-refractivity contribution is 5.76. The second kappa shape index (κ2) is 5.47. The Morgan fingerprint density at radius 3 is 2.95 bits per heavy atom. The topological polar surface area (TPSA) is 73.8 Å². The van der Waals surface area contributed by atoms with Crippen molar-refractivity contribution in [1.82, 2.24) is 19.7 Å². The van der Waals surface area contributed by atoms with Gasteiger partial charge in [-0.2, -0.15) is 4.98 Å². The van der Waals surface area contributed by atoms with Crippen molar-refractivity contribution in [2.45, 2.75) is 32.7 Å². The molecule has 0 bridgehead atoms. The summed E-state index contributed by atoms with van der Waals surface area (Å²) in [6, 6.07) is 6.93. The summed E-state index contributed by atoms with van der Waals surface area (Å²) in [4.78, 5) is 21.1. The Labute approximate surface area is 121 Å². The van der Waals surface area contributed by atoms with E-state index in [1.807, 2.05) is 25.1 Å². The molecule has 0 saturated heterocycles. The average Bonchev–Trinajstić information content (AvgIpc) is 2.96. The summed E-state index contributed by atoms with van der Waals surface area (Å²) >= 11 is 0. The highest BCUT2D eigenvalue weighted by atomic mass is 16.5. The maximum Gasteiger partial charge on any atom is 0.261 e. The number of benzene rings is 1. The van der Waals surface area contributed by atoms with Crippen LogP contribution >= 0.6 is 0 Å². The molecule has 0 saturated carbocycles. The molecule has 3 aromatic rings. The van der Waals surface area contributed by atoms with Crippen LogP contribution in [0.4, 0.5) is 0 Å². The Hall–Kier alpha value is -2.50. The highest BCUT2D eigenvalue weighted by Crippen LogP contribution is 2.15. The molecule has 3 rings (SSSR count). The van der Waals surface area contributed by atoms with E-state index in [1.54, 1.807) is 6.07 Å². The monoisotopic (exact) mass is 284 g/mol. The van der Waals surface area contributed by atoms with Gasteiger partial charge in [0.25, 0.3) is 5.56 Å². The molecule has 0 fully saturated rings. The van der Waals surface area contributed by atoms with Crippen LogP contribution in [0.1, 0.15) is 38.0 Å². The van der Waals surface area contributed by atoms with E-state index >= 15 is 0 Å². The minimum Gasteiger partial charge on any atom is -0.337 e. The van der Waals surface area contributed by atoms with Crippen LogP contribution in [0, 0.1) is 0 Å². The SMILES string of the molecule is CCCc1noc(C(C)n2cnc3ccccc3c2=O)n1. The number of hydrogen-bond acceptors (Lipinski definition) is 5. The van der Waals surface area contributed by atoms with E-state index in [4.69, 9.17) is 4.52 Å². The molecule has 108 valence electrons. The van der Waals surface area contributed by atoms with Gasteiger partial charge in [0, 0.05) is 6.42 Å². The highest BCUT2D eigenvalue weighted by Gasteiger charge is 2.18. The third-order valence-electron chi connectivity index (χ3n) is 3.42. The first-order valence-electron chi connectivity index (χ1n) is 6.99. The van der Waals surface area contributed by atoms with Crippen molar-refractivity contribution in [2.75, 3.05) is 0 Å². The molecule has 1 aromatic carbocycles. The fraction of sp³-hybridized carbons (Fsp3) is 0.333. The summed E-state index contributed by atoms with van der Waals surface area (Å²) in [5, 5.41) is 4.51. The Kier molecular flexibility index (Phi) is 3.51. The third-order valence-corrected chi connectivity index (χ3v) is 3.42. The first-order valence-corrected chi connectivity index (χ1v) is 6.99. The van der Waals surface area contributed by atoms with Gasteiger partial charge in [0.05, 0.1) is 17.2 Å². The molecule has 0 aliphatic heterocycles. The van der Waals surface area contributed by atoms with Gasteiger partial charge >= 0.3 is 0 Å². The quantitative estimate of drug-likeness (QED) is 0.735. The van der Waals surface area contributed by atoms with E-state index in [0.29, 0.717) is 22.6 Å². The number of para-hydroxylation sites is 1. The Balaban J connectivity index is 2.02. The lowest BCUT2D eigenvalue weighted by Crippen LogP contribution is -2.24. The number of nitrogens with zero attached hydrogens (tertiary/aromatic N) is 4. The minimum absolute atomic E-state index is 0.108. The molecular weight excluding hydrogens is 268 g/mol. The van der Waals surface area contributed by atoms with Crippen LogP contribution < -0.4 is 5.56 Å². The smallest absolute Gasteiger partial charge is 0.261 e. The second-order valence-electron chi connectivity index (χ2n) is 4.95. The van der Waals surface area contributed by atoms with Crippen LogP contribution in [-0.2, 0) is 6.42 Å². The van der Waals surface area contributed by atoms with Crippen molar-refractivity contribution in [2.24, 2.45) is 0 Å². The van der Waals surface area contributed by atoms with Gasteiger partial charge in [0.1, 0.15) is 6.04 Å². The van der Waals surface area contributed by atoms with Crippen LogP contribution in [0.25, 0.3) is 10.9 Å². The molecular formula is C15H16N4O2. The van der Waals surface area contributed by atoms with E-state index in [1.165, 1.54) is 10.9 Å². The van der Waals surface area contributed by atoms with Crippen molar-refractivity contribution < 1.29 is 4.52 Å². The van der Waals surface area contributed by atoms with Gasteiger partial charge in [-0.15, -0.1) is 0 Å². The van der Waals surface area contributed by atoms with Crippen molar-refractivity contribution in [3.8, 4) is 0 Å². The number of aromatic nitrogens is 4. The van der Waals surface area contributed by atoms with Gasteiger partial charge < -0.3 is 4.52 Å². The maximum atomic E-state index is 12.5. The maximum absolute atomic E-state index is 12.5. The van der Waals surface area contributed by atoms with Gasteiger partial charge in [-0.05, 0) is 25.5 Å².